The Bertz CT molecular complexity index is 484. The molecular formula is C18H29N3O3. The molecule has 24 heavy (non-hydrogen) atoms. The summed E-state index contributed by atoms with van der Waals surface area (Å²) in [6, 6.07) is 10.6. The van der Waals surface area contributed by atoms with E-state index < -0.39 is 5.97 Å². The van der Waals surface area contributed by atoms with Crippen molar-refractivity contribution in [2.45, 2.75) is 26.7 Å². The van der Waals surface area contributed by atoms with Crippen molar-refractivity contribution in [1.82, 2.24) is 15.5 Å². The van der Waals surface area contributed by atoms with Crippen LogP contribution in [0.1, 0.15) is 25.8 Å². The van der Waals surface area contributed by atoms with Crippen molar-refractivity contribution in [3.8, 4) is 0 Å². The number of hydrogen-bond donors (Lipinski definition) is 3. The topological polar surface area (TPSA) is 81.7 Å². The number of amides is 2. The zero-order valence-electron chi connectivity index (χ0n) is 14.6. The minimum absolute atomic E-state index is 0.0815. The lowest BCUT2D eigenvalue weighted by Crippen LogP contribution is -2.50. The summed E-state index contributed by atoms with van der Waals surface area (Å²) in [5, 5.41) is 13.8. The smallest absolute Gasteiger partial charge is 0.317 e. The summed E-state index contributed by atoms with van der Waals surface area (Å²) in [7, 11) is 0. The van der Waals surface area contributed by atoms with Crippen LogP contribution in [-0.2, 0) is 11.2 Å². The van der Waals surface area contributed by atoms with Crippen LogP contribution in [0.2, 0.25) is 0 Å². The number of carbonyl (C=O) groups excluding carboxylic acids is 1. The Hall–Kier alpha value is -2.08. The molecule has 0 saturated carbocycles. The first kappa shape index (κ1) is 20.0. The molecule has 2 rings (SSSR count). The Morgan fingerprint density at radius 3 is 2.38 bits per heavy atom. The largest absolute Gasteiger partial charge is 0.481 e. The molecular weight excluding hydrogens is 306 g/mol. The summed E-state index contributed by atoms with van der Waals surface area (Å²) in [4.78, 5) is 23.0. The second-order valence-corrected chi connectivity index (χ2v) is 5.91. The molecule has 0 bridgehead atoms. The van der Waals surface area contributed by atoms with E-state index in [1.165, 1.54) is 5.56 Å². The van der Waals surface area contributed by atoms with E-state index in [1.807, 2.05) is 11.0 Å². The normalized spacial score (nSPS) is 15.0. The van der Waals surface area contributed by atoms with Crippen LogP contribution in [0.5, 0.6) is 0 Å². The Morgan fingerprint density at radius 2 is 1.83 bits per heavy atom. The maximum absolute atomic E-state index is 12.1. The molecule has 134 valence electrons. The van der Waals surface area contributed by atoms with E-state index in [2.05, 4.69) is 41.8 Å². The standard InChI is InChI=1S/C16H25N3O.C2H4O2/c1-2-14(12-15-6-4-3-5-7-15)13-18-16(20)19-10-8-17-9-11-19;1-2(3)4/h3-7,14,17H,2,8-13H2,1H3,(H,18,20);1H3,(H,3,4). The molecule has 2 amide bonds. The molecule has 1 saturated heterocycles. The van der Waals surface area contributed by atoms with Crippen LogP contribution in [0, 0.1) is 5.92 Å². The number of carboxylic acids is 1. The summed E-state index contributed by atoms with van der Waals surface area (Å²) < 4.78 is 0. The molecule has 1 unspecified atom stereocenters. The molecule has 1 atom stereocenters. The van der Waals surface area contributed by atoms with E-state index in [4.69, 9.17) is 9.90 Å². The minimum atomic E-state index is -0.833. The number of aliphatic carboxylic acids is 1. The van der Waals surface area contributed by atoms with Crippen molar-refractivity contribution < 1.29 is 14.7 Å². The third kappa shape index (κ3) is 8.53. The van der Waals surface area contributed by atoms with E-state index in [-0.39, 0.29) is 6.03 Å². The molecule has 1 aliphatic rings. The van der Waals surface area contributed by atoms with Crippen LogP contribution in [0.3, 0.4) is 0 Å². The van der Waals surface area contributed by atoms with Gasteiger partial charge in [-0.25, -0.2) is 4.79 Å². The predicted octanol–water partition coefficient (Wildman–Crippen LogP) is 1.96. The number of carbonyl (C=O) groups is 2. The van der Waals surface area contributed by atoms with Crippen LogP contribution in [0.25, 0.3) is 0 Å². The van der Waals surface area contributed by atoms with Gasteiger partial charge in [-0.3, -0.25) is 4.79 Å². The van der Waals surface area contributed by atoms with Gasteiger partial charge < -0.3 is 20.6 Å². The number of rotatable bonds is 5. The zero-order valence-corrected chi connectivity index (χ0v) is 14.6. The zero-order chi connectivity index (χ0) is 17.8. The first-order valence-electron chi connectivity index (χ1n) is 8.49. The first-order chi connectivity index (χ1) is 11.5. The molecule has 6 heteroatoms. The summed E-state index contributed by atoms with van der Waals surface area (Å²) in [6.07, 6.45) is 2.11. The maximum atomic E-state index is 12.1. The van der Waals surface area contributed by atoms with Gasteiger partial charge in [-0.1, -0.05) is 43.7 Å². The van der Waals surface area contributed by atoms with Gasteiger partial charge in [0.15, 0.2) is 0 Å². The lowest BCUT2D eigenvalue weighted by Gasteiger charge is -2.28. The summed E-state index contributed by atoms with van der Waals surface area (Å²) >= 11 is 0. The molecule has 3 N–H and O–H groups in total. The molecule has 0 aliphatic carbocycles. The molecule has 1 heterocycles. The predicted molar refractivity (Wildman–Crippen MR) is 95.1 cm³/mol. The monoisotopic (exact) mass is 335 g/mol. The van der Waals surface area contributed by atoms with E-state index >= 15 is 0 Å². The number of piperazine rings is 1. The van der Waals surface area contributed by atoms with Crippen LogP contribution in [0.15, 0.2) is 30.3 Å². The van der Waals surface area contributed by atoms with Gasteiger partial charge in [-0.2, -0.15) is 0 Å². The fourth-order valence-corrected chi connectivity index (χ4v) is 2.52. The van der Waals surface area contributed by atoms with Gasteiger partial charge in [-0.15, -0.1) is 0 Å². The van der Waals surface area contributed by atoms with Gasteiger partial charge in [0.25, 0.3) is 5.97 Å². The van der Waals surface area contributed by atoms with Crippen LogP contribution in [-0.4, -0.2) is 54.7 Å². The molecule has 1 aromatic carbocycles. The number of urea groups is 1. The maximum Gasteiger partial charge on any atom is 0.317 e. The van der Waals surface area contributed by atoms with Gasteiger partial charge >= 0.3 is 6.03 Å². The van der Waals surface area contributed by atoms with Crippen molar-refractivity contribution in [3.63, 3.8) is 0 Å². The molecule has 0 aromatic heterocycles. The fourth-order valence-electron chi connectivity index (χ4n) is 2.52. The second-order valence-electron chi connectivity index (χ2n) is 5.91. The van der Waals surface area contributed by atoms with Crippen molar-refractivity contribution in [3.05, 3.63) is 35.9 Å². The average molecular weight is 335 g/mol. The van der Waals surface area contributed by atoms with Gasteiger partial charge in [0.05, 0.1) is 0 Å². The van der Waals surface area contributed by atoms with Crippen LogP contribution >= 0.6 is 0 Å². The van der Waals surface area contributed by atoms with Gasteiger partial charge in [0.2, 0.25) is 0 Å². The van der Waals surface area contributed by atoms with Crippen molar-refractivity contribution in [2.24, 2.45) is 5.92 Å². The fraction of sp³-hybridized carbons (Fsp3) is 0.556. The van der Waals surface area contributed by atoms with Crippen molar-refractivity contribution in [1.29, 1.82) is 0 Å². The Balaban J connectivity index is 0.000000648. The van der Waals surface area contributed by atoms with E-state index in [0.29, 0.717) is 5.92 Å². The van der Waals surface area contributed by atoms with E-state index in [0.717, 1.165) is 52.5 Å². The third-order valence-electron chi connectivity index (χ3n) is 3.89. The number of hydrogen-bond acceptors (Lipinski definition) is 3. The quantitative estimate of drug-likeness (QED) is 0.768. The third-order valence-corrected chi connectivity index (χ3v) is 3.89. The van der Waals surface area contributed by atoms with Gasteiger partial charge in [-0.05, 0) is 17.9 Å². The van der Waals surface area contributed by atoms with Crippen molar-refractivity contribution in [2.75, 3.05) is 32.7 Å². The molecule has 1 aromatic rings. The summed E-state index contributed by atoms with van der Waals surface area (Å²) in [5.74, 6) is -0.329. The molecule has 1 aliphatic heterocycles. The second kappa shape index (κ2) is 11.5. The number of nitrogens with one attached hydrogen (secondary N) is 2. The molecule has 6 nitrogen and oxygen atoms in total. The Morgan fingerprint density at radius 1 is 1.25 bits per heavy atom. The highest BCUT2D eigenvalue weighted by Crippen LogP contribution is 2.11. The highest BCUT2D eigenvalue weighted by molar-refractivity contribution is 5.74. The first-order valence-corrected chi connectivity index (χ1v) is 8.49. The van der Waals surface area contributed by atoms with Crippen LogP contribution < -0.4 is 10.6 Å². The molecule has 0 spiro atoms. The number of carboxylic acid groups (broad SMARTS) is 1. The summed E-state index contributed by atoms with van der Waals surface area (Å²) in [5.41, 5.74) is 1.34. The lowest BCUT2D eigenvalue weighted by atomic mass is 9.97. The van der Waals surface area contributed by atoms with Crippen molar-refractivity contribution >= 4 is 12.0 Å². The highest BCUT2D eigenvalue weighted by atomic mass is 16.4. The number of benzene rings is 1. The minimum Gasteiger partial charge on any atom is -0.481 e. The SMILES string of the molecule is CC(=O)O.CCC(CNC(=O)N1CCNCC1)Cc1ccccc1. The van der Waals surface area contributed by atoms with Crippen LogP contribution in [0.4, 0.5) is 4.79 Å². The van der Waals surface area contributed by atoms with Gasteiger partial charge in [0.1, 0.15) is 0 Å². The van der Waals surface area contributed by atoms with E-state index in [9.17, 15) is 4.79 Å². The number of nitrogens with zero attached hydrogens (tertiary/aromatic N) is 1. The Kier molecular flexibility index (Phi) is 9.53. The molecule has 0 radical (unpaired) electrons. The lowest BCUT2D eigenvalue weighted by molar-refractivity contribution is -0.134. The molecule has 1 fully saturated rings. The Labute approximate surface area is 144 Å². The summed E-state index contributed by atoms with van der Waals surface area (Å²) in [6.45, 7) is 7.44. The van der Waals surface area contributed by atoms with E-state index in [1.54, 1.807) is 0 Å². The highest BCUT2D eigenvalue weighted by Gasteiger charge is 2.17. The average Bonchev–Trinajstić information content (AvgIpc) is 2.59. The van der Waals surface area contributed by atoms with Gasteiger partial charge in [0, 0.05) is 39.6 Å².